The summed E-state index contributed by atoms with van der Waals surface area (Å²) in [6.45, 7) is 17.6. The molecule has 1 fully saturated rings. The van der Waals surface area contributed by atoms with Crippen molar-refractivity contribution >= 4 is 8.32 Å². The quantitative estimate of drug-likeness (QED) is 0.579. The minimum absolute atomic E-state index is 0.0820. The Balaban J connectivity index is 2.34. The molecule has 2 rings (SSSR count). The summed E-state index contributed by atoms with van der Waals surface area (Å²) in [4.78, 5) is 0. The van der Waals surface area contributed by atoms with Crippen molar-refractivity contribution in [2.24, 2.45) is 17.8 Å². The molecule has 0 radical (unpaired) electrons. The first kappa shape index (κ1) is 20.2. The van der Waals surface area contributed by atoms with Crippen LogP contribution in [0.25, 0.3) is 0 Å². The molecule has 2 N–H and O–H groups in total. The number of hydrogen-bond acceptors (Lipinski definition) is 3. The van der Waals surface area contributed by atoms with Gasteiger partial charge < -0.3 is 14.6 Å². The number of aliphatic hydroxyl groups excluding tert-OH is 1. The largest absolute Gasteiger partial charge is 0.413 e. The van der Waals surface area contributed by atoms with Gasteiger partial charge >= 0.3 is 0 Å². The summed E-state index contributed by atoms with van der Waals surface area (Å²) in [6.07, 6.45) is 4.30. The van der Waals surface area contributed by atoms with Gasteiger partial charge in [0.05, 0.1) is 17.8 Å². The topological polar surface area (TPSA) is 49.7 Å². The average molecular weight is 355 g/mol. The van der Waals surface area contributed by atoms with Gasteiger partial charge in [0, 0.05) is 5.92 Å². The van der Waals surface area contributed by atoms with E-state index in [9.17, 15) is 10.2 Å². The van der Waals surface area contributed by atoms with Gasteiger partial charge in [-0.05, 0) is 56.2 Å². The molecule has 2 aliphatic carbocycles. The van der Waals surface area contributed by atoms with Crippen molar-refractivity contribution in [1.29, 1.82) is 0 Å². The van der Waals surface area contributed by atoms with Gasteiger partial charge in [0.15, 0.2) is 8.32 Å². The Morgan fingerprint density at radius 3 is 2.33 bits per heavy atom. The molecule has 3 nitrogen and oxygen atoms in total. The summed E-state index contributed by atoms with van der Waals surface area (Å²) in [6, 6.07) is 0. The molecular weight excluding hydrogens is 316 g/mol. The molecule has 1 saturated carbocycles. The van der Waals surface area contributed by atoms with Crippen molar-refractivity contribution in [3.05, 3.63) is 11.6 Å². The molecule has 0 saturated heterocycles. The van der Waals surface area contributed by atoms with Crippen LogP contribution in [0, 0.1) is 17.8 Å². The highest BCUT2D eigenvalue weighted by atomic mass is 28.4. The number of aliphatic hydroxyl groups is 2. The predicted octanol–water partition coefficient (Wildman–Crippen LogP) is 4.50. The van der Waals surface area contributed by atoms with Gasteiger partial charge in [0.25, 0.3) is 0 Å². The van der Waals surface area contributed by atoms with E-state index in [0.717, 1.165) is 12.8 Å². The highest BCUT2D eigenvalue weighted by Crippen LogP contribution is 2.49. The monoisotopic (exact) mass is 354 g/mol. The van der Waals surface area contributed by atoms with E-state index in [4.69, 9.17) is 4.43 Å². The van der Waals surface area contributed by atoms with Crippen LogP contribution in [0.1, 0.15) is 60.8 Å². The van der Waals surface area contributed by atoms with Gasteiger partial charge in [0.1, 0.15) is 0 Å². The normalized spacial score (nSPS) is 38.0. The van der Waals surface area contributed by atoms with E-state index in [2.05, 4.69) is 53.8 Å². The maximum Gasteiger partial charge on any atom is 0.192 e. The predicted molar refractivity (Wildman–Crippen MR) is 102 cm³/mol. The van der Waals surface area contributed by atoms with Crippen LogP contribution in [0.5, 0.6) is 0 Å². The first-order valence-electron chi connectivity index (χ1n) is 9.56. The Labute approximate surface area is 149 Å². The van der Waals surface area contributed by atoms with Crippen molar-refractivity contribution in [1.82, 2.24) is 0 Å². The molecule has 5 atom stereocenters. The molecule has 0 amide bonds. The molecule has 2 aliphatic rings. The van der Waals surface area contributed by atoms with Gasteiger partial charge in [-0.25, -0.2) is 0 Å². The van der Waals surface area contributed by atoms with Gasteiger partial charge in [-0.15, -0.1) is 0 Å². The van der Waals surface area contributed by atoms with Crippen molar-refractivity contribution in [3.8, 4) is 0 Å². The summed E-state index contributed by atoms with van der Waals surface area (Å²) in [7, 11) is -1.85. The molecule has 0 aromatic rings. The number of hydrogen-bond donors (Lipinski definition) is 2. The van der Waals surface area contributed by atoms with Crippen LogP contribution in [0.2, 0.25) is 18.1 Å². The third-order valence-electron chi connectivity index (χ3n) is 6.91. The van der Waals surface area contributed by atoms with Crippen LogP contribution in [0.4, 0.5) is 0 Å². The fourth-order valence-corrected chi connectivity index (χ4v) is 5.39. The Morgan fingerprint density at radius 1 is 1.25 bits per heavy atom. The van der Waals surface area contributed by atoms with E-state index in [1.54, 1.807) is 0 Å². The molecule has 0 bridgehead atoms. The van der Waals surface area contributed by atoms with E-state index in [-0.39, 0.29) is 23.0 Å². The number of rotatable bonds is 3. The van der Waals surface area contributed by atoms with Crippen LogP contribution in [-0.4, -0.2) is 36.3 Å². The second-order valence-corrected chi connectivity index (χ2v) is 14.8. The maximum atomic E-state index is 11.0. The molecule has 24 heavy (non-hydrogen) atoms. The van der Waals surface area contributed by atoms with Gasteiger partial charge in [-0.2, -0.15) is 0 Å². The van der Waals surface area contributed by atoms with E-state index >= 15 is 0 Å². The Hall–Kier alpha value is -0.163. The van der Waals surface area contributed by atoms with Crippen molar-refractivity contribution in [2.75, 3.05) is 0 Å². The molecule has 0 aromatic carbocycles. The zero-order chi connectivity index (χ0) is 18.5. The minimum Gasteiger partial charge on any atom is -0.413 e. The Bertz CT molecular complexity index is 488. The van der Waals surface area contributed by atoms with Gasteiger partial charge in [-0.1, -0.05) is 46.3 Å². The average Bonchev–Trinajstić information content (AvgIpc) is 2.74. The summed E-state index contributed by atoms with van der Waals surface area (Å²) < 4.78 is 6.75. The second-order valence-electron chi connectivity index (χ2n) is 10.0. The van der Waals surface area contributed by atoms with Crippen molar-refractivity contribution < 1.29 is 14.6 Å². The zero-order valence-electron chi connectivity index (χ0n) is 16.9. The summed E-state index contributed by atoms with van der Waals surface area (Å²) in [5.41, 5.74) is 0.226. The first-order chi connectivity index (χ1) is 10.8. The molecule has 140 valence electrons. The SMILES string of the molecule is CC(C)C1=C[C@@H]2[C@@H](O[Si](C)(C)C(C)(C)C)CC[C@H]2[C@](C)(O)[C@H](O)C1. The molecule has 0 aromatic heterocycles. The second kappa shape index (κ2) is 6.53. The lowest BCUT2D eigenvalue weighted by Gasteiger charge is -2.41. The van der Waals surface area contributed by atoms with E-state index < -0.39 is 20.0 Å². The third-order valence-corrected chi connectivity index (χ3v) is 11.4. The smallest absolute Gasteiger partial charge is 0.192 e. The molecule has 0 spiro atoms. The molecule has 0 unspecified atom stereocenters. The van der Waals surface area contributed by atoms with Crippen LogP contribution in [-0.2, 0) is 4.43 Å². The highest BCUT2D eigenvalue weighted by Gasteiger charge is 2.52. The van der Waals surface area contributed by atoms with Crippen LogP contribution in [0.15, 0.2) is 11.6 Å². The van der Waals surface area contributed by atoms with Crippen LogP contribution in [0.3, 0.4) is 0 Å². The van der Waals surface area contributed by atoms with E-state index in [1.165, 1.54) is 5.57 Å². The van der Waals surface area contributed by atoms with Crippen molar-refractivity contribution in [3.63, 3.8) is 0 Å². The lowest BCUT2D eigenvalue weighted by Crippen LogP contribution is -2.49. The third kappa shape index (κ3) is 3.67. The van der Waals surface area contributed by atoms with Crippen LogP contribution < -0.4 is 0 Å². The Kier molecular flexibility index (Phi) is 5.48. The Morgan fingerprint density at radius 2 is 1.83 bits per heavy atom. The molecular formula is C20H38O3Si. The first-order valence-corrected chi connectivity index (χ1v) is 12.5. The standard InChI is InChI=1S/C20H38O3Si/c1-13(2)14-11-15-16(20(6,22)18(21)12-14)9-10-17(15)23-24(7,8)19(3,4)5/h11,13,15-18,21-22H,9-10,12H2,1-8H3/t15-,16+,17-,18+,20-/m0/s1. The molecule has 0 heterocycles. The lowest BCUT2D eigenvalue weighted by molar-refractivity contribution is -0.106. The maximum absolute atomic E-state index is 11.0. The minimum atomic E-state index is -1.85. The van der Waals surface area contributed by atoms with E-state index in [1.807, 2.05) is 6.92 Å². The molecule has 4 heteroatoms. The summed E-state index contributed by atoms with van der Waals surface area (Å²) in [5.74, 6) is 0.686. The molecule has 0 aliphatic heterocycles. The van der Waals surface area contributed by atoms with Gasteiger partial charge in [-0.3, -0.25) is 0 Å². The zero-order valence-corrected chi connectivity index (χ0v) is 17.9. The van der Waals surface area contributed by atoms with Crippen LogP contribution >= 0.6 is 0 Å². The highest BCUT2D eigenvalue weighted by molar-refractivity contribution is 6.74. The van der Waals surface area contributed by atoms with Crippen molar-refractivity contribution in [2.45, 2.75) is 96.7 Å². The summed E-state index contributed by atoms with van der Waals surface area (Å²) in [5, 5.41) is 21.8. The summed E-state index contributed by atoms with van der Waals surface area (Å²) >= 11 is 0. The number of fused-ring (bicyclic) bond motifs is 1. The van der Waals surface area contributed by atoms with E-state index in [0.29, 0.717) is 12.3 Å². The fraction of sp³-hybridized carbons (Fsp3) is 0.900. The lowest BCUT2D eigenvalue weighted by atomic mass is 9.78. The van der Waals surface area contributed by atoms with Gasteiger partial charge in [0.2, 0.25) is 0 Å². The fourth-order valence-electron chi connectivity index (χ4n) is 4.01.